The molecule has 3 aromatic carbocycles. The first kappa shape index (κ1) is 37.3. The number of carbonyl (C=O) groups is 3. The van der Waals surface area contributed by atoms with Crippen molar-refractivity contribution in [2.24, 2.45) is 0 Å². The average molecular weight is 765 g/mol. The van der Waals surface area contributed by atoms with Crippen LogP contribution in [0.3, 0.4) is 0 Å². The highest BCUT2D eigenvalue weighted by Crippen LogP contribution is 2.41. The lowest BCUT2D eigenvalue weighted by molar-refractivity contribution is -0.385. The number of aromatic nitrogens is 2. The van der Waals surface area contributed by atoms with Crippen LogP contribution >= 0.6 is 15.9 Å². The number of methoxy groups -OCH3 is 2. The summed E-state index contributed by atoms with van der Waals surface area (Å²) in [5.41, 5.74) is 1.77. The van der Waals surface area contributed by atoms with E-state index in [4.69, 9.17) is 19.2 Å². The first-order valence-electron chi connectivity index (χ1n) is 16.5. The molecule has 14 heteroatoms. The third kappa shape index (κ3) is 7.55. The van der Waals surface area contributed by atoms with Gasteiger partial charge in [0.15, 0.2) is 11.5 Å². The second kappa shape index (κ2) is 14.3. The summed E-state index contributed by atoms with van der Waals surface area (Å²) in [4.78, 5) is 63.4. The number of imidazole rings is 1. The van der Waals surface area contributed by atoms with Gasteiger partial charge in [0.1, 0.15) is 16.9 Å². The van der Waals surface area contributed by atoms with Crippen LogP contribution in [0.15, 0.2) is 46.9 Å². The number of carbonyl (C=O) groups excluding carboxylic acids is 3. The molecule has 0 saturated heterocycles. The van der Waals surface area contributed by atoms with E-state index in [1.54, 1.807) is 78.9 Å². The third-order valence-corrected chi connectivity index (χ3v) is 9.50. The third-order valence-electron chi connectivity index (χ3n) is 8.89. The van der Waals surface area contributed by atoms with Crippen LogP contribution < -0.4 is 9.47 Å². The molecule has 5 rings (SSSR count). The summed E-state index contributed by atoms with van der Waals surface area (Å²) in [6.45, 7) is 11.2. The lowest BCUT2D eigenvalue weighted by Gasteiger charge is -2.38. The van der Waals surface area contributed by atoms with Crippen molar-refractivity contribution in [2.45, 2.75) is 65.4 Å². The van der Waals surface area contributed by atoms with Crippen LogP contribution in [0.5, 0.6) is 11.5 Å². The van der Waals surface area contributed by atoms with Gasteiger partial charge in [0.05, 0.1) is 35.6 Å². The van der Waals surface area contributed by atoms with E-state index in [-0.39, 0.29) is 24.7 Å². The molecular formula is C37H42BrN5O8. The van der Waals surface area contributed by atoms with Crippen molar-refractivity contribution >= 4 is 50.6 Å². The van der Waals surface area contributed by atoms with E-state index in [0.29, 0.717) is 74.5 Å². The standard InChI is InChI=1S/C37H42BrN5O8/c1-21-10-12-23(19-26(21)43(47)48)32-39-30-25(38)20-24-29(31(30)40-32)33(44)42(34(45)37(24,5)6)16-9-15-41(35(46)51-36(2,3)4)17-14-22-11-13-27(49-7)28(18-22)50-8/h10-13,18-20H,9,14-17H2,1-8H3,(H,39,40). The molecule has 2 heterocycles. The molecule has 270 valence electrons. The number of nitrogens with one attached hydrogen (secondary N) is 1. The summed E-state index contributed by atoms with van der Waals surface area (Å²) < 4.78 is 17.0. The summed E-state index contributed by atoms with van der Waals surface area (Å²) in [7, 11) is 3.12. The first-order valence-corrected chi connectivity index (χ1v) is 17.3. The van der Waals surface area contributed by atoms with Crippen LogP contribution in [0.4, 0.5) is 10.5 Å². The Kier molecular flexibility index (Phi) is 10.5. The summed E-state index contributed by atoms with van der Waals surface area (Å²) in [5.74, 6) is 0.661. The van der Waals surface area contributed by atoms with Crippen LogP contribution in [-0.2, 0) is 21.4 Å². The molecule has 0 spiro atoms. The van der Waals surface area contributed by atoms with Crippen LogP contribution in [0.2, 0.25) is 0 Å². The second-order valence-corrected chi connectivity index (χ2v) is 14.8. The van der Waals surface area contributed by atoms with Crippen molar-refractivity contribution in [3.63, 3.8) is 0 Å². The minimum Gasteiger partial charge on any atom is -0.493 e. The van der Waals surface area contributed by atoms with E-state index >= 15 is 0 Å². The van der Waals surface area contributed by atoms with Crippen molar-refractivity contribution in [1.82, 2.24) is 19.8 Å². The number of amides is 3. The summed E-state index contributed by atoms with van der Waals surface area (Å²) in [6.07, 6.45) is 0.299. The number of fused-ring (bicyclic) bond motifs is 3. The van der Waals surface area contributed by atoms with Gasteiger partial charge in [-0.2, -0.15) is 0 Å². The molecule has 1 aliphatic rings. The first-order chi connectivity index (χ1) is 24.0. The molecule has 13 nitrogen and oxygen atoms in total. The maximum absolute atomic E-state index is 14.2. The Labute approximate surface area is 304 Å². The number of nitro groups is 1. The topological polar surface area (TPSA) is 157 Å². The Balaban J connectivity index is 1.42. The zero-order chi connectivity index (χ0) is 37.4. The highest BCUT2D eigenvalue weighted by atomic mass is 79.9. The number of halogens is 1. The van der Waals surface area contributed by atoms with Crippen LogP contribution in [-0.4, -0.2) is 82.1 Å². The number of ether oxygens (including phenoxy) is 3. The number of hydrogen-bond donors (Lipinski definition) is 1. The van der Waals surface area contributed by atoms with E-state index < -0.39 is 27.9 Å². The average Bonchev–Trinajstić information content (AvgIpc) is 3.52. The second-order valence-electron chi connectivity index (χ2n) is 14.0. The zero-order valence-electron chi connectivity index (χ0n) is 30.0. The van der Waals surface area contributed by atoms with Gasteiger partial charge in [-0.15, -0.1) is 0 Å². The molecular weight excluding hydrogens is 722 g/mol. The van der Waals surface area contributed by atoms with Gasteiger partial charge < -0.3 is 24.1 Å². The van der Waals surface area contributed by atoms with Crippen LogP contribution in [0, 0.1) is 17.0 Å². The van der Waals surface area contributed by atoms with E-state index in [1.165, 1.54) is 11.0 Å². The lowest BCUT2D eigenvalue weighted by Crippen LogP contribution is -2.52. The molecule has 3 amide bonds. The monoisotopic (exact) mass is 763 g/mol. The van der Waals surface area contributed by atoms with Gasteiger partial charge in [-0.3, -0.25) is 24.6 Å². The van der Waals surface area contributed by atoms with Crippen LogP contribution in [0.1, 0.15) is 68.1 Å². The number of aryl methyl sites for hydroxylation is 1. The molecule has 51 heavy (non-hydrogen) atoms. The van der Waals surface area contributed by atoms with Crippen molar-refractivity contribution in [2.75, 3.05) is 33.9 Å². The Morgan fingerprint density at radius 1 is 1.06 bits per heavy atom. The lowest BCUT2D eigenvalue weighted by atomic mass is 9.76. The molecule has 0 unspecified atom stereocenters. The largest absolute Gasteiger partial charge is 0.493 e. The summed E-state index contributed by atoms with van der Waals surface area (Å²) in [6, 6.07) is 12.1. The van der Waals surface area contributed by atoms with Gasteiger partial charge in [-0.1, -0.05) is 18.2 Å². The number of hydrogen-bond acceptors (Lipinski definition) is 9. The molecule has 1 aromatic heterocycles. The molecule has 0 radical (unpaired) electrons. The number of imide groups is 1. The Morgan fingerprint density at radius 2 is 1.76 bits per heavy atom. The van der Waals surface area contributed by atoms with Crippen LogP contribution in [0.25, 0.3) is 22.4 Å². The summed E-state index contributed by atoms with van der Waals surface area (Å²) in [5, 5.41) is 11.6. The Morgan fingerprint density at radius 3 is 2.41 bits per heavy atom. The highest BCUT2D eigenvalue weighted by Gasteiger charge is 2.46. The molecule has 0 bridgehead atoms. The van der Waals surface area contributed by atoms with Crippen molar-refractivity contribution in [1.29, 1.82) is 0 Å². The van der Waals surface area contributed by atoms with Gasteiger partial charge in [-0.25, -0.2) is 9.78 Å². The van der Waals surface area contributed by atoms with Crippen molar-refractivity contribution in [3.8, 4) is 22.9 Å². The molecule has 0 atom stereocenters. The Hall–Kier alpha value is -4.98. The number of benzene rings is 3. The fourth-order valence-corrected chi connectivity index (χ4v) is 6.67. The van der Waals surface area contributed by atoms with E-state index in [0.717, 1.165) is 5.56 Å². The fraction of sp³-hybridized carbons (Fsp3) is 0.405. The van der Waals surface area contributed by atoms with Gasteiger partial charge in [0.25, 0.3) is 11.6 Å². The molecule has 1 aliphatic heterocycles. The molecule has 4 aromatic rings. The predicted molar refractivity (Wildman–Crippen MR) is 195 cm³/mol. The quantitative estimate of drug-likeness (QED) is 0.0937. The molecule has 0 saturated carbocycles. The molecule has 1 N–H and O–H groups in total. The van der Waals surface area contributed by atoms with Crippen molar-refractivity contribution in [3.05, 3.63) is 79.3 Å². The number of nitro benzene ring substituents is 1. The predicted octanol–water partition coefficient (Wildman–Crippen LogP) is 7.36. The SMILES string of the molecule is COc1ccc(CCN(CCCN2C(=O)c3c(cc(Br)c4nc(-c5ccc(C)c([N+](=O)[O-])c5)[nH]c34)C(C)(C)C2=O)C(=O)OC(C)(C)C)cc1OC. The normalized spacial score (nSPS) is 14.0. The number of nitrogens with zero attached hydrogens (tertiary/aromatic N) is 4. The maximum Gasteiger partial charge on any atom is 0.410 e. The summed E-state index contributed by atoms with van der Waals surface area (Å²) >= 11 is 3.57. The van der Waals surface area contributed by atoms with E-state index in [2.05, 4.69) is 20.9 Å². The molecule has 0 aliphatic carbocycles. The zero-order valence-corrected chi connectivity index (χ0v) is 31.6. The Bertz CT molecular complexity index is 2030. The van der Waals surface area contributed by atoms with Gasteiger partial charge in [-0.05, 0) is 99.6 Å². The van der Waals surface area contributed by atoms with E-state index in [1.807, 2.05) is 18.2 Å². The van der Waals surface area contributed by atoms with Gasteiger partial charge in [0.2, 0.25) is 5.91 Å². The smallest absolute Gasteiger partial charge is 0.410 e. The number of rotatable bonds is 11. The van der Waals surface area contributed by atoms with E-state index in [9.17, 15) is 24.5 Å². The van der Waals surface area contributed by atoms with Gasteiger partial charge >= 0.3 is 6.09 Å². The number of aromatic amines is 1. The molecule has 0 fully saturated rings. The minimum absolute atomic E-state index is 0.0489. The number of H-pyrrole nitrogens is 1. The maximum atomic E-state index is 14.2. The fourth-order valence-electron chi connectivity index (χ4n) is 6.16. The van der Waals surface area contributed by atoms with Gasteiger partial charge in [0, 0.05) is 41.3 Å². The minimum atomic E-state index is -1.08. The highest BCUT2D eigenvalue weighted by molar-refractivity contribution is 9.10. The van der Waals surface area contributed by atoms with Crippen molar-refractivity contribution < 1.29 is 33.5 Å².